The number of aromatic nitrogens is 2. The van der Waals surface area contributed by atoms with E-state index in [1.165, 1.54) is 47.3 Å². The number of anilines is 2. The Morgan fingerprint density at radius 3 is 2.37 bits per heavy atom. The molecular weight excluding hydrogens is 646 g/mol. The summed E-state index contributed by atoms with van der Waals surface area (Å²) in [6.07, 6.45) is 4.10. The lowest BCUT2D eigenvalue weighted by molar-refractivity contribution is -0.117. The van der Waals surface area contributed by atoms with Gasteiger partial charge in [-0.1, -0.05) is 42.0 Å². The Hall–Kier alpha value is -5.56. The summed E-state index contributed by atoms with van der Waals surface area (Å²) in [5, 5.41) is 1.34. The molecule has 2 aliphatic heterocycles. The molecule has 0 saturated carbocycles. The fourth-order valence-electron chi connectivity index (χ4n) is 6.62. The van der Waals surface area contributed by atoms with Crippen LogP contribution in [0.4, 0.5) is 31.9 Å². The van der Waals surface area contributed by atoms with Gasteiger partial charge in [0.1, 0.15) is 5.69 Å². The van der Waals surface area contributed by atoms with E-state index in [1.54, 1.807) is 24.4 Å². The van der Waals surface area contributed by atoms with Gasteiger partial charge in [-0.2, -0.15) is 8.42 Å². The Morgan fingerprint density at radius 2 is 1.61 bits per heavy atom. The summed E-state index contributed by atoms with van der Waals surface area (Å²) in [5.74, 6) is -1.02. The topological polar surface area (TPSA) is 110 Å². The van der Waals surface area contributed by atoms with E-state index in [0.29, 0.717) is 30.3 Å². The van der Waals surface area contributed by atoms with Crippen LogP contribution in [0, 0.1) is 12.7 Å². The quantitative estimate of drug-likeness (QED) is 0.168. The van der Waals surface area contributed by atoms with Gasteiger partial charge >= 0.3 is 16.1 Å². The molecule has 3 amide bonds. The highest BCUT2D eigenvalue weighted by Gasteiger charge is 2.60. The van der Waals surface area contributed by atoms with Gasteiger partial charge in [0, 0.05) is 49.3 Å². The molecule has 4 aromatic carbocycles. The summed E-state index contributed by atoms with van der Waals surface area (Å²) in [7, 11) is -3.17. The lowest BCUT2D eigenvalue weighted by atomic mass is 10.0. The Bertz CT molecular complexity index is 2470. The molecule has 12 heteroatoms. The average Bonchev–Trinajstić information content (AvgIpc) is 3.62. The van der Waals surface area contributed by atoms with Gasteiger partial charge in [0.25, 0.3) is 0 Å². The van der Waals surface area contributed by atoms with Crippen molar-refractivity contribution in [2.75, 3.05) is 23.4 Å². The van der Waals surface area contributed by atoms with Crippen molar-refractivity contribution >= 4 is 66.6 Å². The maximum Gasteiger partial charge on any atom is 0.468 e. The fraction of sp³-hybridized carbons (Fsp3) is 0.135. The van der Waals surface area contributed by atoms with Gasteiger partial charge in [-0.25, -0.2) is 9.18 Å². The first kappa shape index (κ1) is 30.8. The Morgan fingerprint density at radius 1 is 0.837 bits per heavy atom. The molecule has 1 atom stereocenters. The summed E-state index contributed by atoms with van der Waals surface area (Å²) in [6.45, 7) is 2.17. The second-order valence-electron chi connectivity index (χ2n) is 12.2. The number of hydrogen-bond donors (Lipinski definition) is 0. The lowest BCUT2D eigenvalue weighted by Crippen LogP contribution is -2.51. The second kappa shape index (κ2) is 11.3. The molecule has 4 heterocycles. The van der Waals surface area contributed by atoms with Crippen molar-refractivity contribution in [1.29, 1.82) is 0 Å². The number of carbonyl (C=O) groups is 2. The van der Waals surface area contributed by atoms with Gasteiger partial charge in [-0.15, -0.1) is 0 Å². The largest absolute Gasteiger partial charge is 0.468 e. The van der Waals surface area contributed by atoms with Gasteiger partial charge in [-0.3, -0.25) is 19.7 Å². The molecule has 0 N–H and O–H groups in total. The number of urea groups is 1. The monoisotopic (exact) mass is 674 g/mol. The van der Waals surface area contributed by atoms with Crippen LogP contribution in [0.5, 0.6) is 0 Å². The van der Waals surface area contributed by atoms with E-state index < -0.39 is 26.6 Å². The number of hydrogen-bond acceptors (Lipinski definition) is 7. The van der Waals surface area contributed by atoms with Crippen LogP contribution in [-0.2, 0) is 19.2 Å². The highest BCUT2D eigenvalue weighted by molar-refractivity contribution is 7.86. The number of pyridine rings is 2. The number of hydroxylamine groups is 1. The van der Waals surface area contributed by atoms with Gasteiger partial charge in [0.05, 0.1) is 33.2 Å². The van der Waals surface area contributed by atoms with E-state index in [9.17, 15) is 18.0 Å². The maximum atomic E-state index is 16.1. The van der Waals surface area contributed by atoms with Crippen molar-refractivity contribution in [3.8, 4) is 11.1 Å². The van der Waals surface area contributed by atoms with E-state index in [-0.39, 0.29) is 33.6 Å². The van der Waals surface area contributed by atoms with Crippen LogP contribution in [0.15, 0.2) is 108 Å². The number of fused-ring (bicyclic) bond motifs is 4. The van der Waals surface area contributed by atoms with Crippen LogP contribution in [0.2, 0.25) is 0 Å². The summed E-state index contributed by atoms with van der Waals surface area (Å²) in [5.41, 5.74) is 3.99. The minimum Gasteiger partial charge on any atom is -0.310 e. The summed E-state index contributed by atoms with van der Waals surface area (Å²) in [6, 6.07) is 24.3. The van der Waals surface area contributed by atoms with Crippen LogP contribution in [0.1, 0.15) is 18.4 Å². The third kappa shape index (κ3) is 4.87. The molecule has 6 aromatic rings. The first-order valence-corrected chi connectivity index (χ1v) is 17.1. The number of para-hydroxylation sites is 1. The Labute approximate surface area is 281 Å². The number of halogens is 1. The zero-order valence-corrected chi connectivity index (χ0v) is 27.3. The number of rotatable bonds is 6. The molecule has 0 aliphatic carbocycles. The molecule has 244 valence electrons. The van der Waals surface area contributed by atoms with Crippen LogP contribution in [0.3, 0.4) is 0 Å². The highest BCUT2D eigenvalue weighted by atomic mass is 32.2. The molecule has 2 aromatic heterocycles. The van der Waals surface area contributed by atoms with Crippen LogP contribution in [0.25, 0.3) is 32.9 Å². The van der Waals surface area contributed by atoms with Gasteiger partial charge in [0.15, 0.2) is 11.5 Å². The van der Waals surface area contributed by atoms with Crippen molar-refractivity contribution < 1.29 is 26.7 Å². The smallest absolute Gasteiger partial charge is 0.310 e. The number of aryl methyl sites for hydroxylation is 1. The zero-order valence-electron chi connectivity index (χ0n) is 26.5. The van der Waals surface area contributed by atoms with Crippen molar-refractivity contribution in [3.63, 3.8) is 0 Å². The normalized spacial score (nSPS) is 17.8. The molecule has 0 bridgehead atoms. The minimum absolute atomic E-state index is 0.0386. The molecule has 49 heavy (non-hydrogen) atoms. The first-order chi connectivity index (χ1) is 23.6. The fourth-order valence-corrected chi connectivity index (χ4v) is 7.70. The van der Waals surface area contributed by atoms with E-state index in [0.717, 1.165) is 33.7 Å². The third-order valence-electron chi connectivity index (χ3n) is 9.16. The standard InChI is InChI=1S/C37H29FN5O5S/c1-23-9-13-28(14-10-23)49(46,47)48-43(27-12-16-33(30(38)20-27)42-17-5-8-35(42)44)36-29-19-24(26-18-25-6-3-4-7-31(25)39-21-26)11-15-32(29)40-22-34(36)41(2)37(43)45/h3-4,6-7,9-16,18-22H,5,8,17H2,1-2H3/q+1. The lowest BCUT2D eigenvalue weighted by Gasteiger charge is -2.27. The number of amides is 3. The second-order valence-corrected chi connectivity index (χ2v) is 13.7. The minimum atomic E-state index is -4.66. The Kier molecular flexibility index (Phi) is 7.07. The molecule has 1 fully saturated rings. The van der Waals surface area contributed by atoms with Gasteiger partial charge in [-0.05, 0) is 70.3 Å². The van der Waals surface area contributed by atoms with Crippen molar-refractivity contribution in [1.82, 2.24) is 14.6 Å². The molecule has 2 aliphatic rings. The van der Waals surface area contributed by atoms with Crippen molar-refractivity contribution in [2.24, 2.45) is 0 Å². The molecule has 8 rings (SSSR count). The van der Waals surface area contributed by atoms with Gasteiger partial charge in [0.2, 0.25) is 11.6 Å². The predicted molar refractivity (Wildman–Crippen MR) is 185 cm³/mol. The van der Waals surface area contributed by atoms with E-state index in [1.807, 2.05) is 49.4 Å². The predicted octanol–water partition coefficient (Wildman–Crippen LogP) is 7.55. The molecule has 0 radical (unpaired) electrons. The molecular formula is C37H29FN5O5S+. The van der Waals surface area contributed by atoms with Crippen molar-refractivity contribution in [3.05, 3.63) is 115 Å². The molecule has 0 spiro atoms. The van der Waals surface area contributed by atoms with Crippen LogP contribution in [-0.4, -0.2) is 43.9 Å². The number of carbonyl (C=O) groups excluding carboxylic acids is 2. The Balaban J connectivity index is 1.38. The first-order valence-electron chi connectivity index (χ1n) is 15.7. The number of nitrogens with zero attached hydrogens (tertiary/aromatic N) is 5. The summed E-state index contributed by atoms with van der Waals surface area (Å²) in [4.78, 5) is 38.7. The summed E-state index contributed by atoms with van der Waals surface area (Å²) >= 11 is 0. The van der Waals surface area contributed by atoms with Crippen LogP contribution < -0.4 is 14.4 Å². The SMILES string of the molecule is Cc1ccc(S(=O)(=O)O[N+]2(c3ccc(N4CCCC4=O)c(F)c3)C(=O)N(C)c3cnc4ccc(-c5cnc6ccccc6c5)cc4c32)cc1. The van der Waals surface area contributed by atoms with Crippen molar-refractivity contribution in [2.45, 2.75) is 24.7 Å². The van der Waals surface area contributed by atoms with E-state index in [2.05, 4.69) is 9.97 Å². The van der Waals surface area contributed by atoms with E-state index >= 15 is 4.39 Å². The average molecular weight is 675 g/mol. The summed E-state index contributed by atoms with van der Waals surface area (Å²) < 4.78 is 49.1. The number of benzene rings is 4. The molecule has 1 saturated heterocycles. The van der Waals surface area contributed by atoms with Crippen LogP contribution >= 0.6 is 0 Å². The maximum absolute atomic E-state index is 16.1. The molecule has 1 unspecified atom stereocenters. The highest BCUT2D eigenvalue weighted by Crippen LogP contribution is 2.53. The zero-order chi connectivity index (χ0) is 34.1. The van der Waals surface area contributed by atoms with Gasteiger partial charge < -0.3 is 4.90 Å². The third-order valence-corrected chi connectivity index (χ3v) is 10.4. The molecule has 10 nitrogen and oxygen atoms in total. The van der Waals surface area contributed by atoms with E-state index in [4.69, 9.17) is 4.28 Å². The number of quaternary nitrogens is 1.